The van der Waals surface area contributed by atoms with E-state index in [4.69, 9.17) is 0 Å². The maximum Gasteiger partial charge on any atom is 0.324 e. The van der Waals surface area contributed by atoms with Crippen molar-refractivity contribution < 1.29 is 23.1 Å². The minimum atomic E-state index is -3.52. The van der Waals surface area contributed by atoms with Gasteiger partial charge in [0.15, 0.2) is 21.3 Å². The second kappa shape index (κ2) is 8.51. The van der Waals surface area contributed by atoms with Gasteiger partial charge >= 0.3 is 6.03 Å². The topological polar surface area (TPSA) is 125 Å². The lowest BCUT2D eigenvalue weighted by Crippen LogP contribution is -2.46. The summed E-state index contributed by atoms with van der Waals surface area (Å²) >= 11 is 0. The lowest BCUT2D eigenvalue weighted by atomic mass is 9.85. The molecule has 0 spiro atoms. The molecule has 1 heterocycles. The summed E-state index contributed by atoms with van der Waals surface area (Å²) in [5.41, 5.74) is 2.12. The van der Waals surface area contributed by atoms with Crippen LogP contribution in [0.4, 0.5) is 4.79 Å². The predicted molar refractivity (Wildman–Crippen MR) is 118 cm³/mol. The van der Waals surface area contributed by atoms with Gasteiger partial charge in [-0.15, -0.1) is 0 Å². The number of benzene rings is 2. The fourth-order valence-electron chi connectivity index (χ4n) is 4.07. The number of urea groups is 1. The standard InChI is InChI=1S/C23H23N3O5S/c1-14-21(27)20(26-23(29)24-14)22(28)25-19-12-6-10-17-15(7-5-11-18(17)19)13-32(30,31)16-8-3-2-4-9-16/h2-5,7-9,11,19,27H,1,6,10,12-13H2,(H,25,28)(H2,24,26,29). The van der Waals surface area contributed by atoms with E-state index in [2.05, 4.69) is 22.5 Å². The molecule has 4 N–H and O–H groups in total. The number of hydrogen-bond donors (Lipinski definition) is 4. The van der Waals surface area contributed by atoms with Gasteiger partial charge in [-0.2, -0.15) is 0 Å². The van der Waals surface area contributed by atoms with E-state index in [9.17, 15) is 23.1 Å². The number of aliphatic hydroxyl groups is 1. The van der Waals surface area contributed by atoms with E-state index in [1.54, 1.807) is 42.5 Å². The molecule has 1 aliphatic heterocycles. The zero-order valence-electron chi connectivity index (χ0n) is 17.2. The second-order valence-electron chi connectivity index (χ2n) is 7.76. The van der Waals surface area contributed by atoms with Crippen molar-refractivity contribution in [3.05, 3.63) is 89.0 Å². The number of carbonyl (C=O) groups is 2. The van der Waals surface area contributed by atoms with Gasteiger partial charge < -0.3 is 15.7 Å². The molecule has 2 aromatic carbocycles. The fraction of sp³-hybridized carbons (Fsp3) is 0.217. The smallest absolute Gasteiger partial charge is 0.324 e. The average molecular weight is 454 g/mol. The van der Waals surface area contributed by atoms with Crippen molar-refractivity contribution in [2.75, 3.05) is 0 Å². The quantitative estimate of drug-likeness (QED) is 0.554. The Balaban J connectivity index is 1.60. The summed E-state index contributed by atoms with van der Waals surface area (Å²) in [5, 5.41) is 17.5. The van der Waals surface area contributed by atoms with Crippen molar-refractivity contribution >= 4 is 21.8 Å². The van der Waals surface area contributed by atoms with Crippen LogP contribution in [0.5, 0.6) is 0 Å². The molecule has 4 rings (SSSR count). The van der Waals surface area contributed by atoms with Gasteiger partial charge in [0.05, 0.1) is 22.4 Å². The molecule has 0 aromatic heterocycles. The molecule has 32 heavy (non-hydrogen) atoms. The molecule has 0 fully saturated rings. The number of carbonyl (C=O) groups excluding carboxylic acids is 2. The summed E-state index contributed by atoms with van der Waals surface area (Å²) in [6.07, 6.45) is 2.11. The molecule has 8 nitrogen and oxygen atoms in total. The van der Waals surface area contributed by atoms with E-state index in [0.717, 1.165) is 17.5 Å². The minimum absolute atomic E-state index is 0.0589. The highest BCUT2D eigenvalue weighted by Gasteiger charge is 2.30. The van der Waals surface area contributed by atoms with Crippen LogP contribution in [-0.2, 0) is 26.8 Å². The maximum atomic E-state index is 12.9. The van der Waals surface area contributed by atoms with Crippen LogP contribution in [-0.4, -0.2) is 25.5 Å². The van der Waals surface area contributed by atoms with Crippen LogP contribution in [0.1, 0.15) is 35.6 Å². The van der Waals surface area contributed by atoms with Crippen LogP contribution >= 0.6 is 0 Å². The summed E-state index contributed by atoms with van der Waals surface area (Å²) in [7, 11) is -3.52. The average Bonchev–Trinajstić information content (AvgIpc) is 2.77. The van der Waals surface area contributed by atoms with Crippen LogP contribution in [0.25, 0.3) is 0 Å². The molecule has 2 aliphatic rings. The monoisotopic (exact) mass is 453 g/mol. The van der Waals surface area contributed by atoms with Crippen molar-refractivity contribution in [2.24, 2.45) is 0 Å². The van der Waals surface area contributed by atoms with E-state index < -0.39 is 27.5 Å². The Morgan fingerprint density at radius 2 is 1.88 bits per heavy atom. The summed E-state index contributed by atoms with van der Waals surface area (Å²) in [6.45, 7) is 3.51. The van der Waals surface area contributed by atoms with E-state index in [1.807, 2.05) is 6.07 Å². The third-order valence-electron chi connectivity index (χ3n) is 5.61. The molecular weight excluding hydrogens is 430 g/mol. The van der Waals surface area contributed by atoms with Gasteiger partial charge in [-0.05, 0) is 48.1 Å². The fourth-order valence-corrected chi connectivity index (χ4v) is 5.49. The van der Waals surface area contributed by atoms with E-state index in [0.29, 0.717) is 18.4 Å². The number of rotatable bonds is 5. The molecule has 0 saturated carbocycles. The third kappa shape index (κ3) is 4.24. The molecule has 0 radical (unpaired) electrons. The summed E-state index contributed by atoms with van der Waals surface area (Å²) in [6, 6.07) is 12.7. The van der Waals surface area contributed by atoms with Gasteiger partial charge in [-0.3, -0.25) is 10.1 Å². The number of hydrogen-bond acceptors (Lipinski definition) is 5. The highest BCUT2D eigenvalue weighted by Crippen LogP contribution is 2.33. The Morgan fingerprint density at radius 3 is 2.62 bits per heavy atom. The first-order valence-electron chi connectivity index (χ1n) is 10.2. The number of sulfone groups is 1. The molecule has 2 aromatic rings. The van der Waals surface area contributed by atoms with E-state index >= 15 is 0 Å². The van der Waals surface area contributed by atoms with Gasteiger partial charge in [0, 0.05) is 0 Å². The molecule has 0 bridgehead atoms. The molecular formula is C23H23N3O5S. The van der Waals surface area contributed by atoms with Crippen LogP contribution in [0, 0.1) is 0 Å². The zero-order valence-corrected chi connectivity index (χ0v) is 18.0. The summed E-state index contributed by atoms with van der Waals surface area (Å²) < 4.78 is 25.8. The molecule has 1 atom stereocenters. The molecule has 3 amide bonds. The molecule has 1 aliphatic carbocycles. The maximum absolute atomic E-state index is 12.9. The van der Waals surface area contributed by atoms with Crippen LogP contribution in [0.15, 0.2) is 77.2 Å². The van der Waals surface area contributed by atoms with E-state index in [-0.39, 0.29) is 28.1 Å². The first-order chi connectivity index (χ1) is 15.3. The largest absolute Gasteiger partial charge is 0.504 e. The highest BCUT2D eigenvalue weighted by molar-refractivity contribution is 7.90. The number of amides is 3. The van der Waals surface area contributed by atoms with E-state index in [1.165, 1.54) is 0 Å². The number of fused-ring (bicyclic) bond motifs is 1. The highest BCUT2D eigenvalue weighted by atomic mass is 32.2. The van der Waals surface area contributed by atoms with Crippen molar-refractivity contribution in [1.29, 1.82) is 0 Å². The Bertz CT molecular complexity index is 1240. The Kier molecular flexibility index (Phi) is 5.75. The number of nitrogens with one attached hydrogen (secondary N) is 3. The van der Waals surface area contributed by atoms with Gasteiger partial charge in [0.2, 0.25) is 0 Å². The lowest BCUT2D eigenvalue weighted by molar-refractivity contribution is -0.118. The molecule has 9 heteroatoms. The normalized spacial score (nSPS) is 18.4. The molecule has 1 unspecified atom stereocenters. The molecule has 0 saturated heterocycles. The molecule has 166 valence electrons. The van der Waals surface area contributed by atoms with Gasteiger partial charge in [-0.1, -0.05) is 43.0 Å². The van der Waals surface area contributed by atoms with Crippen LogP contribution < -0.4 is 16.0 Å². The van der Waals surface area contributed by atoms with Gasteiger partial charge in [-0.25, -0.2) is 13.2 Å². The van der Waals surface area contributed by atoms with Crippen molar-refractivity contribution in [1.82, 2.24) is 16.0 Å². The first-order valence-corrected chi connectivity index (χ1v) is 11.8. The van der Waals surface area contributed by atoms with Gasteiger partial charge in [0.25, 0.3) is 5.91 Å². The van der Waals surface area contributed by atoms with Gasteiger partial charge in [0.1, 0.15) is 0 Å². The zero-order chi connectivity index (χ0) is 22.9. The predicted octanol–water partition coefficient (Wildman–Crippen LogP) is 2.75. The minimum Gasteiger partial charge on any atom is -0.504 e. The second-order valence-corrected chi connectivity index (χ2v) is 9.75. The Labute approximate surface area is 186 Å². The number of aliphatic hydroxyl groups excluding tert-OH is 1. The van der Waals surface area contributed by atoms with Crippen LogP contribution in [0.3, 0.4) is 0 Å². The van der Waals surface area contributed by atoms with Crippen LogP contribution in [0.2, 0.25) is 0 Å². The third-order valence-corrected chi connectivity index (χ3v) is 7.29. The van der Waals surface area contributed by atoms with Crippen molar-refractivity contribution in [3.63, 3.8) is 0 Å². The first kappa shape index (κ1) is 21.6. The van der Waals surface area contributed by atoms with Crippen molar-refractivity contribution in [3.8, 4) is 0 Å². The SMILES string of the molecule is C=C1NC(=O)NC(C(=O)NC2CCCc3c(CS(=O)(=O)c4ccccc4)cccc32)=C1O. The Morgan fingerprint density at radius 1 is 1.12 bits per heavy atom. The summed E-state index contributed by atoms with van der Waals surface area (Å²) in [5.74, 6) is -1.20. The summed E-state index contributed by atoms with van der Waals surface area (Å²) in [4.78, 5) is 24.7. The lowest BCUT2D eigenvalue weighted by Gasteiger charge is -2.29. The van der Waals surface area contributed by atoms with Crippen molar-refractivity contribution in [2.45, 2.75) is 36.0 Å². The Hall–Kier alpha value is -3.59.